The summed E-state index contributed by atoms with van der Waals surface area (Å²) in [6, 6.07) is 4.09. The van der Waals surface area contributed by atoms with Gasteiger partial charge in [-0.25, -0.2) is 4.98 Å². The fourth-order valence-corrected chi connectivity index (χ4v) is 3.91. The molecule has 0 aliphatic carbocycles. The van der Waals surface area contributed by atoms with E-state index in [4.69, 9.17) is 0 Å². The Hall–Kier alpha value is -1.62. The lowest BCUT2D eigenvalue weighted by Gasteiger charge is -2.39. The summed E-state index contributed by atoms with van der Waals surface area (Å²) in [4.78, 5) is 24.2. The number of rotatable bonds is 4. The molecular formula is C19H30N4O. The maximum atomic E-state index is 12.8. The lowest BCUT2D eigenvalue weighted by Crippen LogP contribution is -2.51. The maximum Gasteiger partial charge on any atom is 0.225 e. The zero-order valence-corrected chi connectivity index (χ0v) is 15.1. The Kier molecular flexibility index (Phi) is 5.72. The molecule has 0 atom stereocenters. The fraction of sp³-hybridized carbons (Fsp3) is 0.684. The Bertz CT molecular complexity index is 546. The van der Waals surface area contributed by atoms with Crippen LogP contribution in [0.3, 0.4) is 0 Å². The van der Waals surface area contributed by atoms with E-state index in [0.717, 1.165) is 64.5 Å². The number of carbonyl (C=O) groups is 1. The van der Waals surface area contributed by atoms with Crippen LogP contribution in [0.4, 0.5) is 5.82 Å². The van der Waals surface area contributed by atoms with Crippen molar-refractivity contribution >= 4 is 11.7 Å². The van der Waals surface area contributed by atoms with Crippen molar-refractivity contribution < 1.29 is 4.79 Å². The number of aromatic nitrogens is 1. The molecular weight excluding hydrogens is 300 g/mol. The molecule has 1 aromatic heterocycles. The molecule has 0 spiro atoms. The lowest BCUT2D eigenvalue weighted by atomic mass is 9.94. The SMILES string of the molecule is CCCN1CCN(C(=O)C2CCN(c3ncccc3C)CC2)CC1. The lowest BCUT2D eigenvalue weighted by molar-refractivity contribution is -0.138. The van der Waals surface area contributed by atoms with E-state index in [-0.39, 0.29) is 5.92 Å². The van der Waals surface area contributed by atoms with Crippen LogP contribution < -0.4 is 4.90 Å². The first kappa shape index (κ1) is 17.2. The van der Waals surface area contributed by atoms with Crippen molar-refractivity contribution in [3.63, 3.8) is 0 Å². The van der Waals surface area contributed by atoms with E-state index >= 15 is 0 Å². The number of nitrogens with zero attached hydrogens (tertiary/aromatic N) is 4. The predicted molar refractivity (Wildman–Crippen MR) is 97.2 cm³/mol. The number of piperidine rings is 1. The summed E-state index contributed by atoms with van der Waals surface area (Å²) in [5.41, 5.74) is 1.22. The maximum absolute atomic E-state index is 12.8. The molecule has 1 amide bonds. The summed E-state index contributed by atoms with van der Waals surface area (Å²) >= 11 is 0. The van der Waals surface area contributed by atoms with Crippen LogP contribution in [0.25, 0.3) is 0 Å². The predicted octanol–water partition coefficient (Wildman–Crippen LogP) is 2.16. The molecule has 1 aromatic rings. The molecule has 132 valence electrons. The number of carbonyl (C=O) groups excluding carboxylic acids is 1. The van der Waals surface area contributed by atoms with Crippen molar-refractivity contribution in [2.24, 2.45) is 5.92 Å². The highest BCUT2D eigenvalue weighted by molar-refractivity contribution is 5.79. The molecule has 0 unspecified atom stereocenters. The van der Waals surface area contributed by atoms with Gasteiger partial charge < -0.3 is 9.80 Å². The molecule has 0 radical (unpaired) electrons. The van der Waals surface area contributed by atoms with Crippen LogP contribution in [0.5, 0.6) is 0 Å². The van der Waals surface area contributed by atoms with E-state index in [1.54, 1.807) is 0 Å². The van der Waals surface area contributed by atoms with Crippen molar-refractivity contribution in [3.8, 4) is 0 Å². The summed E-state index contributed by atoms with van der Waals surface area (Å²) in [6.45, 7) is 11.2. The highest BCUT2D eigenvalue weighted by Gasteiger charge is 2.30. The van der Waals surface area contributed by atoms with Gasteiger partial charge in [-0.15, -0.1) is 0 Å². The molecule has 2 aliphatic rings. The molecule has 24 heavy (non-hydrogen) atoms. The number of amides is 1. The smallest absolute Gasteiger partial charge is 0.225 e. The first-order chi connectivity index (χ1) is 11.7. The Morgan fingerprint density at radius 2 is 1.88 bits per heavy atom. The number of aryl methyl sites for hydroxylation is 1. The van der Waals surface area contributed by atoms with Crippen molar-refractivity contribution in [2.75, 3.05) is 50.7 Å². The van der Waals surface area contributed by atoms with Crippen LogP contribution in [0.2, 0.25) is 0 Å². The van der Waals surface area contributed by atoms with E-state index in [9.17, 15) is 4.79 Å². The van der Waals surface area contributed by atoms with Gasteiger partial charge in [0.25, 0.3) is 0 Å². The standard InChI is InChI=1S/C19H30N4O/c1-3-9-21-12-14-23(15-13-21)19(24)17-6-10-22(11-7-17)18-16(2)5-4-8-20-18/h4-5,8,17H,3,6-7,9-15H2,1-2H3. The summed E-state index contributed by atoms with van der Waals surface area (Å²) in [5, 5.41) is 0. The Morgan fingerprint density at radius 3 is 2.50 bits per heavy atom. The van der Waals surface area contributed by atoms with E-state index in [1.807, 2.05) is 12.3 Å². The fourth-order valence-electron chi connectivity index (χ4n) is 3.91. The van der Waals surface area contributed by atoms with E-state index in [0.29, 0.717) is 5.91 Å². The third-order valence-corrected chi connectivity index (χ3v) is 5.35. The zero-order chi connectivity index (χ0) is 16.9. The molecule has 0 N–H and O–H groups in total. The number of hydrogen-bond acceptors (Lipinski definition) is 4. The molecule has 0 aromatic carbocycles. The average Bonchev–Trinajstić information content (AvgIpc) is 2.63. The van der Waals surface area contributed by atoms with Crippen LogP contribution in [0.1, 0.15) is 31.7 Å². The second kappa shape index (κ2) is 7.97. The molecule has 2 fully saturated rings. The van der Waals surface area contributed by atoms with Gasteiger partial charge in [0.15, 0.2) is 0 Å². The number of pyridine rings is 1. The largest absolute Gasteiger partial charge is 0.356 e. The van der Waals surface area contributed by atoms with Gasteiger partial charge in [0.2, 0.25) is 5.91 Å². The highest BCUT2D eigenvalue weighted by Crippen LogP contribution is 2.25. The Labute approximate surface area is 145 Å². The number of piperazine rings is 1. The van der Waals surface area contributed by atoms with Gasteiger partial charge in [0.1, 0.15) is 5.82 Å². The van der Waals surface area contributed by atoms with Crippen molar-refractivity contribution in [3.05, 3.63) is 23.9 Å². The summed E-state index contributed by atoms with van der Waals surface area (Å²) in [5.74, 6) is 1.66. The molecule has 2 saturated heterocycles. The Morgan fingerprint density at radius 1 is 1.17 bits per heavy atom. The molecule has 0 bridgehead atoms. The Balaban J connectivity index is 1.50. The summed E-state index contributed by atoms with van der Waals surface area (Å²) < 4.78 is 0. The van der Waals surface area contributed by atoms with Gasteiger partial charge in [0, 0.05) is 51.4 Å². The van der Waals surface area contributed by atoms with Gasteiger partial charge in [-0.1, -0.05) is 13.0 Å². The van der Waals surface area contributed by atoms with Gasteiger partial charge in [-0.05, 0) is 44.4 Å². The monoisotopic (exact) mass is 330 g/mol. The first-order valence-electron chi connectivity index (χ1n) is 9.36. The van der Waals surface area contributed by atoms with Crippen molar-refractivity contribution in [2.45, 2.75) is 33.1 Å². The van der Waals surface area contributed by atoms with Gasteiger partial charge in [-0.3, -0.25) is 9.69 Å². The second-order valence-electron chi connectivity index (χ2n) is 7.07. The van der Waals surface area contributed by atoms with Crippen molar-refractivity contribution in [1.29, 1.82) is 0 Å². The molecule has 3 rings (SSSR count). The first-order valence-corrected chi connectivity index (χ1v) is 9.36. The zero-order valence-electron chi connectivity index (χ0n) is 15.1. The second-order valence-corrected chi connectivity index (χ2v) is 7.07. The summed E-state index contributed by atoms with van der Waals surface area (Å²) in [6.07, 6.45) is 4.95. The van der Waals surface area contributed by atoms with Crippen LogP contribution >= 0.6 is 0 Å². The molecule has 5 heteroatoms. The van der Waals surface area contributed by atoms with Crippen molar-refractivity contribution in [1.82, 2.24) is 14.8 Å². The minimum atomic E-state index is 0.197. The van der Waals surface area contributed by atoms with E-state index in [1.165, 1.54) is 12.0 Å². The molecule has 0 saturated carbocycles. The van der Waals surface area contributed by atoms with E-state index in [2.05, 4.69) is 39.6 Å². The minimum Gasteiger partial charge on any atom is -0.356 e. The van der Waals surface area contributed by atoms with Crippen LogP contribution in [0, 0.1) is 12.8 Å². The molecule has 3 heterocycles. The topological polar surface area (TPSA) is 39.7 Å². The van der Waals surface area contributed by atoms with Crippen LogP contribution in [-0.4, -0.2) is 66.5 Å². The van der Waals surface area contributed by atoms with Gasteiger partial charge in [0.05, 0.1) is 0 Å². The number of hydrogen-bond donors (Lipinski definition) is 0. The normalized spacial score (nSPS) is 20.4. The number of anilines is 1. The van der Waals surface area contributed by atoms with Crippen LogP contribution in [0.15, 0.2) is 18.3 Å². The third-order valence-electron chi connectivity index (χ3n) is 5.35. The molecule has 5 nitrogen and oxygen atoms in total. The molecule has 2 aliphatic heterocycles. The summed E-state index contributed by atoms with van der Waals surface area (Å²) in [7, 11) is 0. The highest BCUT2D eigenvalue weighted by atomic mass is 16.2. The van der Waals surface area contributed by atoms with Gasteiger partial charge >= 0.3 is 0 Å². The van der Waals surface area contributed by atoms with E-state index < -0.39 is 0 Å². The minimum absolute atomic E-state index is 0.197. The van der Waals surface area contributed by atoms with Gasteiger partial charge in [-0.2, -0.15) is 0 Å². The average molecular weight is 330 g/mol. The third kappa shape index (κ3) is 3.89. The van der Waals surface area contributed by atoms with Crippen LogP contribution in [-0.2, 0) is 4.79 Å². The quantitative estimate of drug-likeness (QED) is 0.848.